The van der Waals surface area contributed by atoms with Gasteiger partial charge in [-0.2, -0.15) is 0 Å². The van der Waals surface area contributed by atoms with Gasteiger partial charge in [-0.15, -0.1) is 11.3 Å². The summed E-state index contributed by atoms with van der Waals surface area (Å²) in [7, 11) is 0. The van der Waals surface area contributed by atoms with Gasteiger partial charge in [-0.3, -0.25) is 14.2 Å². The van der Waals surface area contributed by atoms with Crippen LogP contribution in [0.2, 0.25) is 0 Å². The molecular formula is C22H18BrN3O3S. The van der Waals surface area contributed by atoms with Crippen LogP contribution in [-0.2, 0) is 4.79 Å². The van der Waals surface area contributed by atoms with Gasteiger partial charge in [-0.05, 0) is 48.4 Å². The van der Waals surface area contributed by atoms with E-state index in [9.17, 15) is 14.7 Å². The topological polar surface area (TPSA) is 84.2 Å². The molecule has 4 aromatic rings. The number of hydrogen-bond donors (Lipinski definition) is 2. The number of thiophene rings is 1. The van der Waals surface area contributed by atoms with Gasteiger partial charge in [0, 0.05) is 21.1 Å². The molecule has 0 aliphatic heterocycles. The fourth-order valence-electron chi connectivity index (χ4n) is 3.29. The van der Waals surface area contributed by atoms with Gasteiger partial charge in [0.15, 0.2) is 0 Å². The highest BCUT2D eigenvalue weighted by molar-refractivity contribution is 9.10. The summed E-state index contributed by atoms with van der Waals surface area (Å²) in [5.74, 6) is -0.198. The maximum absolute atomic E-state index is 13.4. The second-order valence-electron chi connectivity index (χ2n) is 6.75. The molecule has 0 radical (unpaired) electrons. The van der Waals surface area contributed by atoms with Crippen molar-refractivity contribution < 1.29 is 9.90 Å². The van der Waals surface area contributed by atoms with E-state index in [1.807, 2.05) is 36.6 Å². The largest absolute Gasteiger partial charge is 0.508 e. The second kappa shape index (κ2) is 8.41. The minimum absolute atomic E-state index is 0.115. The van der Waals surface area contributed by atoms with Crippen LogP contribution in [0, 0.1) is 0 Å². The van der Waals surface area contributed by atoms with Crippen LogP contribution in [-0.4, -0.2) is 20.6 Å². The van der Waals surface area contributed by atoms with Gasteiger partial charge in [0.2, 0.25) is 5.91 Å². The van der Waals surface area contributed by atoms with Crippen molar-refractivity contribution in [3.05, 3.63) is 75.1 Å². The molecule has 0 saturated heterocycles. The first-order chi connectivity index (χ1) is 14.5. The average Bonchev–Trinajstić information content (AvgIpc) is 3.17. The number of carbonyl (C=O) groups is 1. The van der Waals surface area contributed by atoms with E-state index in [0.717, 1.165) is 15.6 Å². The van der Waals surface area contributed by atoms with Gasteiger partial charge in [-0.25, -0.2) is 4.98 Å². The van der Waals surface area contributed by atoms with E-state index in [4.69, 9.17) is 0 Å². The van der Waals surface area contributed by atoms with Crippen LogP contribution in [0.4, 0.5) is 5.69 Å². The summed E-state index contributed by atoms with van der Waals surface area (Å²) in [5, 5.41) is 14.6. The van der Waals surface area contributed by atoms with E-state index < -0.39 is 6.04 Å². The lowest BCUT2D eigenvalue weighted by Crippen LogP contribution is -2.33. The van der Waals surface area contributed by atoms with Crippen LogP contribution in [0.25, 0.3) is 21.3 Å². The quantitative estimate of drug-likeness (QED) is 0.382. The first-order valence-electron chi connectivity index (χ1n) is 9.32. The van der Waals surface area contributed by atoms with Crippen LogP contribution >= 0.6 is 27.3 Å². The molecule has 8 heteroatoms. The number of amides is 1. The zero-order valence-electron chi connectivity index (χ0n) is 16.0. The Labute approximate surface area is 185 Å². The number of hydrogen-bond acceptors (Lipinski definition) is 5. The van der Waals surface area contributed by atoms with Crippen molar-refractivity contribution in [1.29, 1.82) is 0 Å². The maximum Gasteiger partial charge on any atom is 0.263 e. The third-order valence-electron chi connectivity index (χ3n) is 4.83. The lowest BCUT2D eigenvalue weighted by atomic mass is 10.1. The zero-order valence-corrected chi connectivity index (χ0v) is 18.4. The van der Waals surface area contributed by atoms with Crippen molar-refractivity contribution >= 4 is 49.1 Å². The SMILES string of the molecule is CCC(C(=O)Nc1ccc(O)cc1)n1cnc2scc(-c3ccc(Br)cc3)c2c1=O. The molecule has 0 spiro atoms. The van der Waals surface area contributed by atoms with Gasteiger partial charge in [0.25, 0.3) is 5.56 Å². The molecule has 6 nitrogen and oxygen atoms in total. The molecule has 2 N–H and O–H groups in total. The lowest BCUT2D eigenvalue weighted by molar-refractivity contribution is -0.119. The number of aromatic nitrogens is 2. The summed E-state index contributed by atoms with van der Waals surface area (Å²) in [4.78, 5) is 31.3. The third-order valence-corrected chi connectivity index (χ3v) is 6.25. The summed E-state index contributed by atoms with van der Waals surface area (Å²) < 4.78 is 2.35. The molecule has 2 aromatic heterocycles. The first-order valence-corrected chi connectivity index (χ1v) is 11.0. The molecule has 30 heavy (non-hydrogen) atoms. The highest BCUT2D eigenvalue weighted by Gasteiger charge is 2.23. The van der Waals surface area contributed by atoms with E-state index in [1.54, 1.807) is 12.1 Å². The molecule has 152 valence electrons. The van der Waals surface area contributed by atoms with Crippen LogP contribution in [0.15, 0.2) is 69.5 Å². The van der Waals surface area contributed by atoms with Crippen LogP contribution in [0.5, 0.6) is 5.75 Å². The van der Waals surface area contributed by atoms with Crippen LogP contribution < -0.4 is 10.9 Å². The Bertz CT molecular complexity index is 1260. The standard InChI is InChI=1S/C22H18BrN3O3S/c1-2-18(20(28)25-15-7-9-16(27)10-8-15)26-12-24-21-19(22(26)29)17(11-30-21)13-3-5-14(23)6-4-13/h3-12,18,27H,2H2,1H3,(H,25,28). The van der Waals surface area contributed by atoms with Crippen molar-refractivity contribution in [3.8, 4) is 16.9 Å². The Kier molecular flexibility index (Phi) is 5.69. The molecule has 0 fully saturated rings. The summed E-state index contributed by atoms with van der Waals surface area (Å²) in [6, 6.07) is 13.2. The molecule has 4 rings (SSSR count). The van der Waals surface area contributed by atoms with Gasteiger partial charge in [0.1, 0.15) is 16.6 Å². The minimum atomic E-state index is -0.708. The molecule has 2 heterocycles. The molecule has 0 aliphatic rings. The number of nitrogens with zero attached hydrogens (tertiary/aromatic N) is 2. The van der Waals surface area contributed by atoms with Gasteiger partial charge in [-0.1, -0.05) is 35.0 Å². The number of fused-ring (bicyclic) bond motifs is 1. The number of aromatic hydroxyl groups is 1. The molecule has 1 atom stereocenters. The van der Waals surface area contributed by atoms with E-state index in [0.29, 0.717) is 22.3 Å². The minimum Gasteiger partial charge on any atom is -0.508 e. The Hall–Kier alpha value is -2.97. The number of benzene rings is 2. The maximum atomic E-state index is 13.4. The number of anilines is 1. The summed E-state index contributed by atoms with van der Waals surface area (Å²) in [5.41, 5.74) is 2.03. The Balaban J connectivity index is 1.73. The Morgan fingerprint density at radius 1 is 1.20 bits per heavy atom. The highest BCUT2D eigenvalue weighted by atomic mass is 79.9. The average molecular weight is 484 g/mol. The summed E-state index contributed by atoms with van der Waals surface area (Å²) in [6.07, 6.45) is 1.87. The number of halogens is 1. The van der Waals surface area contributed by atoms with E-state index in [-0.39, 0.29) is 17.2 Å². The van der Waals surface area contributed by atoms with Crippen molar-refractivity contribution in [3.63, 3.8) is 0 Å². The Morgan fingerprint density at radius 3 is 2.57 bits per heavy atom. The van der Waals surface area contributed by atoms with Crippen molar-refractivity contribution in [2.45, 2.75) is 19.4 Å². The summed E-state index contributed by atoms with van der Waals surface area (Å²) in [6.45, 7) is 1.85. The predicted molar refractivity (Wildman–Crippen MR) is 123 cm³/mol. The second-order valence-corrected chi connectivity index (χ2v) is 8.53. The van der Waals surface area contributed by atoms with Gasteiger partial charge < -0.3 is 10.4 Å². The molecule has 0 bridgehead atoms. The van der Waals surface area contributed by atoms with Crippen LogP contribution in [0.1, 0.15) is 19.4 Å². The molecule has 0 saturated carbocycles. The molecule has 0 aliphatic carbocycles. The zero-order chi connectivity index (χ0) is 21.3. The Morgan fingerprint density at radius 2 is 1.90 bits per heavy atom. The third kappa shape index (κ3) is 3.88. The fourth-order valence-corrected chi connectivity index (χ4v) is 4.46. The number of phenolic OH excluding ortho intramolecular Hbond substituents is 1. The number of carbonyl (C=O) groups excluding carboxylic acids is 1. The number of nitrogens with one attached hydrogen (secondary N) is 1. The highest BCUT2D eigenvalue weighted by Crippen LogP contribution is 2.31. The fraction of sp³-hybridized carbons (Fsp3) is 0.136. The summed E-state index contributed by atoms with van der Waals surface area (Å²) >= 11 is 4.83. The normalized spacial score (nSPS) is 12.1. The smallest absolute Gasteiger partial charge is 0.263 e. The number of rotatable bonds is 5. The number of phenols is 1. The van der Waals surface area contributed by atoms with E-state index in [1.165, 1.54) is 34.4 Å². The molecule has 1 amide bonds. The predicted octanol–water partition coefficient (Wildman–Crippen LogP) is 5.18. The molecule has 1 unspecified atom stereocenters. The van der Waals surface area contributed by atoms with Crippen molar-refractivity contribution in [1.82, 2.24) is 9.55 Å². The monoisotopic (exact) mass is 483 g/mol. The lowest BCUT2D eigenvalue weighted by Gasteiger charge is -2.18. The van der Waals surface area contributed by atoms with Gasteiger partial charge >= 0.3 is 0 Å². The molecular weight excluding hydrogens is 466 g/mol. The van der Waals surface area contributed by atoms with Gasteiger partial charge in [0.05, 0.1) is 11.7 Å². The van der Waals surface area contributed by atoms with E-state index >= 15 is 0 Å². The van der Waals surface area contributed by atoms with Crippen molar-refractivity contribution in [2.75, 3.05) is 5.32 Å². The van der Waals surface area contributed by atoms with E-state index in [2.05, 4.69) is 26.2 Å². The van der Waals surface area contributed by atoms with Crippen molar-refractivity contribution in [2.24, 2.45) is 0 Å². The van der Waals surface area contributed by atoms with Crippen LogP contribution in [0.3, 0.4) is 0 Å². The molecule has 2 aromatic carbocycles. The first kappa shape index (κ1) is 20.3.